The largest absolute Gasteiger partial charge is 0.497 e. The van der Waals surface area contributed by atoms with Crippen molar-refractivity contribution in [3.05, 3.63) is 48.4 Å². The number of rotatable bonds is 3. The summed E-state index contributed by atoms with van der Waals surface area (Å²) in [5.74, 6) is 0.516. The normalized spacial score (nSPS) is 10.4. The molecule has 3 rings (SSSR count). The average molecular weight is 268 g/mol. The number of hydrogen-bond donors (Lipinski definition) is 2. The Kier molecular flexibility index (Phi) is 3.04. The van der Waals surface area contributed by atoms with Crippen LogP contribution in [0.2, 0.25) is 0 Å². The molecule has 0 saturated heterocycles. The van der Waals surface area contributed by atoms with E-state index in [1.165, 1.54) is 6.20 Å². The molecule has 2 aromatic heterocycles. The molecule has 6 nitrogen and oxygen atoms in total. The van der Waals surface area contributed by atoms with Gasteiger partial charge in [-0.3, -0.25) is 4.79 Å². The number of hydrogen-bond acceptors (Lipinski definition) is 4. The molecule has 1 amide bonds. The van der Waals surface area contributed by atoms with Crippen LogP contribution < -0.4 is 10.1 Å². The monoisotopic (exact) mass is 268 g/mol. The van der Waals surface area contributed by atoms with Crippen molar-refractivity contribution in [1.29, 1.82) is 0 Å². The highest BCUT2D eigenvalue weighted by molar-refractivity contribution is 6.05. The number of imidazole rings is 1. The number of nitrogens with zero attached hydrogens (tertiary/aromatic N) is 2. The molecule has 0 saturated carbocycles. The molecule has 0 aliphatic carbocycles. The van der Waals surface area contributed by atoms with E-state index in [0.717, 1.165) is 11.3 Å². The Morgan fingerprint density at radius 1 is 1.25 bits per heavy atom. The van der Waals surface area contributed by atoms with Crippen LogP contribution in [0.25, 0.3) is 11.2 Å². The second-order valence-electron chi connectivity index (χ2n) is 4.18. The van der Waals surface area contributed by atoms with Crippen LogP contribution in [-0.2, 0) is 0 Å². The predicted molar refractivity (Wildman–Crippen MR) is 74.8 cm³/mol. The molecule has 0 unspecified atom stereocenters. The van der Waals surface area contributed by atoms with E-state index >= 15 is 0 Å². The number of carbonyl (C=O) groups is 1. The number of aromatic amines is 1. The first-order chi connectivity index (χ1) is 9.76. The SMILES string of the molecule is COc1ccc(NC(=O)c2cnc3nc[nH]c3c2)cc1. The van der Waals surface area contributed by atoms with Gasteiger partial charge in [-0.2, -0.15) is 0 Å². The van der Waals surface area contributed by atoms with Crippen molar-refractivity contribution < 1.29 is 9.53 Å². The summed E-state index contributed by atoms with van der Waals surface area (Å²) in [5.41, 5.74) is 2.48. The van der Waals surface area contributed by atoms with Crippen LogP contribution in [0.4, 0.5) is 5.69 Å². The Bertz CT molecular complexity index is 749. The maximum atomic E-state index is 12.1. The molecule has 0 atom stereocenters. The zero-order valence-corrected chi connectivity index (χ0v) is 10.8. The van der Waals surface area contributed by atoms with Crippen molar-refractivity contribution >= 4 is 22.8 Å². The molecule has 0 aliphatic heterocycles. The summed E-state index contributed by atoms with van der Waals surface area (Å²) in [6.45, 7) is 0. The fraction of sp³-hybridized carbons (Fsp3) is 0.0714. The topological polar surface area (TPSA) is 79.9 Å². The molecule has 100 valence electrons. The van der Waals surface area contributed by atoms with Gasteiger partial charge >= 0.3 is 0 Å². The molecule has 3 aromatic rings. The Balaban J connectivity index is 1.80. The number of fused-ring (bicyclic) bond motifs is 1. The number of amides is 1. The summed E-state index contributed by atoms with van der Waals surface area (Å²) in [6.07, 6.45) is 3.05. The van der Waals surface area contributed by atoms with Crippen LogP contribution >= 0.6 is 0 Å². The molecular weight excluding hydrogens is 256 g/mol. The lowest BCUT2D eigenvalue weighted by Gasteiger charge is -2.06. The minimum Gasteiger partial charge on any atom is -0.497 e. The van der Waals surface area contributed by atoms with E-state index in [1.807, 2.05) is 0 Å². The van der Waals surface area contributed by atoms with Gasteiger partial charge in [0.2, 0.25) is 0 Å². The fourth-order valence-corrected chi connectivity index (χ4v) is 1.83. The first-order valence-corrected chi connectivity index (χ1v) is 6.01. The number of H-pyrrole nitrogens is 1. The Morgan fingerprint density at radius 2 is 2.05 bits per heavy atom. The van der Waals surface area contributed by atoms with Gasteiger partial charge in [-0.15, -0.1) is 0 Å². The van der Waals surface area contributed by atoms with Crippen LogP contribution in [0.3, 0.4) is 0 Å². The molecule has 2 heterocycles. The van der Waals surface area contributed by atoms with Crippen LogP contribution in [0.1, 0.15) is 10.4 Å². The first kappa shape index (κ1) is 12.2. The minimum absolute atomic E-state index is 0.223. The highest BCUT2D eigenvalue weighted by atomic mass is 16.5. The summed E-state index contributed by atoms with van der Waals surface area (Å²) in [6, 6.07) is 8.84. The van der Waals surface area contributed by atoms with Crippen molar-refractivity contribution in [3.8, 4) is 5.75 Å². The lowest BCUT2D eigenvalue weighted by Crippen LogP contribution is -2.12. The second kappa shape index (κ2) is 5.00. The summed E-state index contributed by atoms with van der Waals surface area (Å²) < 4.78 is 5.06. The lowest BCUT2D eigenvalue weighted by atomic mass is 10.2. The van der Waals surface area contributed by atoms with E-state index in [0.29, 0.717) is 16.9 Å². The number of methoxy groups -OCH3 is 1. The zero-order chi connectivity index (χ0) is 13.9. The third-order valence-corrected chi connectivity index (χ3v) is 2.88. The van der Waals surface area contributed by atoms with Gasteiger partial charge in [0.1, 0.15) is 5.75 Å². The third kappa shape index (κ3) is 2.31. The molecule has 0 bridgehead atoms. The smallest absolute Gasteiger partial charge is 0.257 e. The summed E-state index contributed by atoms with van der Waals surface area (Å²) in [4.78, 5) is 23.2. The van der Waals surface area contributed by atoms with E-state index in [9.17, 15) is 4.79 Å². The van der Waals surface area contributed by atoms with Gasteiger partial charge in [0, 0.05) is 11.9 Å². The van der Waals surface area contributed by atoms with Crippen molar-refractivity contribution in [2.75, 3.05) is 12.4 Å². The summed E-state index contributed by atoms with van der Waals surface area (Å²) >= 11 is 0. The molecule has 0 radical (unpaired) electrons. The van der Waals surface area contributed by atoms with Crippen molar-refractivity contribution in [2.45, 2.75) is 0 Å². The van der Waals surface area contributed by atoms with E-state index in [4.69, 9.17) is 4.74 Å². The molecule has 0 aliphatic rings. The van der Waals surface area contributed by atoms with Gasteiger partial charge in [-0.05, 0) is 30.3 Å². The number of pyridine rings is 1. The first-order valence-electron chi connectivity index (χ1n) is 6.01. The van der Waals surface area contributed by atoms with Crippen molar-refractivity contribution in [2.24, 2.45) is 0 Å². The minimum atomic E-state index is -0.223. The molecule has 2 N–H and O–H groups in total. The molecule has 20 heavy (non-hydrogen) atoms. The third-order valence-electron chi connectivity index (χ3n) is 2.88. The summed E-state index contributed by atoms with van der Waals surface area (Å²) in [5, 5.41) is 2.80. The number of benzene rings is 1. The molecule has 0 spiro atoms. The Morgan fingerprint density at radius 3 is 2.80 bits per heavy atom. The van der Waals surface area contributed by atoms with Gasteiger partial charge in [-0.25, -0.2) is 9.97 Å². The standard InChI is InChI=1S/C14H12N4O2/c1-20-11-4-2-10(3-5-11)18-14(19)9-6-12-13(15-7-9)17-8-16-12/h2-8H,1H3,(H,18,19)(H,15,16,17). The number of anilines is 1. The van der Waals surface area contributed by atoms with Gasteiger partial charge in [0.25, 0.3) is 5.91 Å². The Hall–Kier alpha value is -2.89. The molecular formula is C14H12N4O2. The highest BCUT2D eigenvalue weighted by Gasteiger charge is 2.08. The van der Waals surface area contributed by atoms with E-state index < -0.39 is 0 Å². The van der Waals surface area contributed by atoms with E-state index in [2.05, 4.69) is 20.3 Å². The van der Waals surface area contributed by atoms with Crippen LogP contribution in [0.15, 0.2) is 42.9 Å². The summed E-state index contributed by atoms with van der Waals surface area (Å²) in [7, 11) is 1.60. The van der Waals surface area contributed by atoms with Gasteiger partial charge in [0.15, 0.2) is 5.65 Å². The van der Waals surface area contributed by atoms with E-state index in [-0.39, 0.29) is 5.91 Å². The van der Waals surface area contributed by atoms with Gasteiger partial charge in [0.05, 0.1) is 24.5 Å². The van der Waals surface area contributed by atoms with E-state index in [1.54, 1.807) is 43.8 Å². The Labute approximate surface area is 114 Å². The maximum Gasteiger partial charge on any atom is 0.257 e. The number of ether oxygens (including phenoxy) is 1. The maximum absolute atomic E-state index is 12.1. The second-order valence-corrected chi connectivity index (χ2v) is 4.18. The van der Waals surface area contributed by atoms with Crippen molar-refractivity contribution in [3.63, 3.8) is 0 Å². The highest BCUT2D eigenvalue weighted by Crippen LogP contribution is 2.16. The van der Waals surface area contributed by atoms with Gasteiger partial charge in [-0.1, -0.05) is 0 Å². The van der Waals surface area contributed by atoms with Crippen LogP contribution in [0, 0.1) is 0 Å². The van der Waals surface area contributed by atoms with Crippen molar-refractivity contribution in [1.82, 2.24) is 15.0 Å². The van der Waals surface area contributed by atoms with Crippen LogP contribution in [0.5, 0.6) is 5.75 Å². The number of aromatic nitrogens is 3. The number of nitrogens with one attached hydrogen (secondary N) is 2. The quantitative estimate of drug-likeness (QED) is 0.763. The zero-order valence-electron chi connectivity index (χ0n) is 10.8. The van der Waals surface area contributed by atoms with Gasteiger partial charge < -0.3 is 15.0 Å². The molecule has 0 fully saturated rings. The molecule has 6 heteroatoms. The lowest BCUT2D eigenvalue weighted by molar-refractivity contribution is 0.102. The fourth-order valence-electron chi connectivity index (χ4n) is 1.83. The average Bonchev–Trinajstić information content (AvgIpc) is 2.95. The predicted octanol–water partition coefficient (Wildman–Crippen LogP) is 2.22. The number of carbonyl (C=O) groups excluding carboxylic acids is 1. The van der Waals surface area contributed by atoms with Crippen LogP contribution in [-0.4, -0.2) is 28.0 Å². The molecule has 1 aromatic carbocycles.